The predicted molar refractivity (Wildman–Crippen MR) is 78.8 cm³/mol. The van der Waals surface area contributed by atoms with Crippen LogP contribution in [0.4, 0.5) is 0 Å². The minimum Gasteiger partial charge on any atom is -0.461 e. The zero-order valence-corrected chi connectivity index (χ0v) is 11.4. The molecule has 1 aromatic rings. The lowest BCUT2D eigenvalue weighted by atomic mass is 10.0. The standard InChI is InChI=1S/C17H18O2/c1-4-5-6-14-10-15-7-8-16(11-19-13(3)18)17(15)9-12(14)2/h4-6,8-10H,2,7,11H2,1,3H3/b5-4-,14-6-. The fourth-order valence-corrected chi connectivity index (χ4v) is 2.19. The maximum atomic E-state index is 10.9. The number of carbonyl (C=O) groups excluding carboxylic acids is 1. The lowest BCUT2D eigenvalue weighted by Crippen LogP contribution is -2.24. The number of fused-ring (bicyclic) bond motifs is 1. The highest BCUT2D eigenvalue weighted by molar-refractivity contribution is 5.76. The quantitative estimate of drug-likeness (QED) is 0.771. The number of rotatable bonds is 3. The molecule has 0 amide bonds. The molecular formula is C17H18O2. The maximum Gasteiger partial charge on any atom is 0.302 e. The van der Waals surface area contributed by atoms with Gasteiger partial charge in [0, 0.05) is 6.92 Å². The van der Waals surface area contributed by atoms with Gasteiger partial charge < -0.3 is 4.74 Å². The van der Waals surface area contributed by atoms with E-state index in [1.807, 2.05) is 19.1 Å². The van der Waals surface area contributed by atoms with Gasteiger partial charge >= 0.3 is 5.97 Å². The third-order valence-electron chi connectivity index (χ3n) is 3.18. The molecule has 1 aliphatic rings. The van der Waals surface area contributed by atoms with Crippen molar-refractivity contribution in [2.24, 2.45) is 0 Å². The minimum absolute atomic E-state index is 0.248. The van der Waals surface area contributed by atoms with Gasteiger partial charge in [-0.1, -0.05) is 36.9 Å². The van der Waals surface area contributed by atoms with Crippen molar-refractivity contribution in [3.05, 3.63) is 51.9 Å². The first kappa shape index (κ1) is 13.3. The smallest absolute Gasteiger partial charge is 0.302 e. The topological polar surface area (TPSA) is 26.3 Å². The molecule has 0 fully saturated rings. The Kier molecular flexibility index (Phi) is 4.00. The van der Waals surface area contributed by atoms with Gasteiger partial charge in [-0.3, -0.25) is 4.79 Å². The Morgan fingerprint density at radius 1 is 1.47 bits per heavy atom. The predicted octanol–water partition coefficient (Wildman–Crippen LogP) is 1.96. The van der Waals surface area contributed by atoms with Gasteiger partial charge in [-0.2, -0.15) is 0 Å². The molecule has 0 aromatic heterocycles. The van der Waals surface area contributed by atoms with Crippen molar-refractivity contribution in [1.82, 2.24) is 0 Å². The summed E-state index contributed by atoms with van der Waals surface area (Å²) in [6.45, 7) is 7.85. The van der Waals surface area contributed by atoms with E-state index >= 15 is 0 Å². The summed E-state index contributed by atoms with van der Waals surface area (Å²) in [5, 5.41) is 2.13. The van der Waals surface area contributed by atoms with Crippen LogP contribution in [0.1, 0.15) is 25.0 Å². The Morgan fingerprint density at radius 2 is 2.26 bits per heavy atom. The van der Waals surface area contributed by atoms with Crippen molar-refractivity contribution in [3.8, 4) is 0 Å². The first-order valence-electron chi connectivity index (χ1n) is 6.39. The summed E-state index contributed by atoms with van der Waals surface area (Å²) in [6.07, 6.45) is 9.08. The fourth-order valence-electron chi connectivity index (χ4n) is 2.19. The summed E-state index contributed by atoms with van der Waals surface area (Å²) in [7, 11) is 0. The highest BCUT2D eigenvalue weighted by Gasteiger charge is 2.14. The summed E-state index contributed by atoms with van der Waals surface area (Å²) in [4.78, 5) is 10.9. The Morgan fingerprint density at radius 3 is 2.95 bits per heavy atom. The summed E-state index contributed by atoms with van der Waals surface area (Å²) < 4.78 is 5.07. The van der Waals surface area contributed by atoms with Gasteiger partial charge in [0.15, 0.2) is 0 Å². The number of carbonyl (C=O) groups is 1. The Labute approximate surface area is 113 Å². The summed E-state index contributed by atoms with van der Waals surface area (Å²) in [6, 6.07) is 4.24. The van der Waals surface area contributed by atoms with Gasteiger partial charge in [-0.25, -0.2) is 0 Å². The SMILES string of the molecule is C=c1cc2c(c/c1=C/C=C\C)CC=C2COC(C)=O. The van der Waals surface area contributed by atoms with Crippen LogP contribution in [-0.4, -0.2) is 12.6 Å². The highest BCUT2D eigenvalue weighted by Crippen LogP contribution is 2.25. The Hall–Kier alpha value is -2.09. The number of esters is 1. The molecule has 2 nitrogen and oxygen atoms in total. The van der Waals surface area contributed by atoms with Crippen LogP contribution in [0.5, 0.6) is 0 Å². The van der Waals surface area contributed by atoms with E-state index < -0.39 is 0 Å². The van der Waals surface area contributed by atoms with Crippen LogP contribution in [0.25, 0.3) is 18.2 Å². The maximum absolute atomic E-state index is 10.9. The van der Waals surface area contributed by atoms with Gasteiger partial charge in [-0.05, 0) is 46.5 Å². The molecule has 0 bridgehead atoms. The van der Waals surface area contributed by atoms with E-state index in [4.69, 9.17) is 4.74 Å². The number of hydrogen-bond donors (Lipinski definition) is 0. The first-order valence-corrected chi connectivity index (χ1v) is 6.39. The van der Waals surface area contributed by atoms with Gasteiger partial charge in [-0.15, -0.1) is 0 Å². The number of ether oxygens (including phenoxy) is 1. The third kappa shape index (κ3) is 3.02. The molecule has 2 rings (SSSR count). The molecule has 2 heteroatoms. The van der Waals surface area contributed by atoms with E-state index in [1.165, 1.54) is 12.5 Å². The van der Waals surface area contributed by atoms with Crippen molar-refractivity contribution in [3.63, 3.8) is 0 Å². The van der Waals surface area contributed by atoms with E-state index in [9.17, 15) is 4.79 Å². The number of allylic oxidation sites excluding steroid dienone is 3. The van der Waals surface area contributed by atoms with Crippen molar-refractivity contribution >= 4 is 24.2 Å². The average Bonchev–Trinajstić information content (AvgIpc) is 2.75. The molecule has 1 aliphatic carbocycles. The Balaban J connectivity index is 2.34. The van der Waals surface area contributed by atoms with E-state index in [2.05, 4.69) is 30.9 Å². The summed E-state index contributed by atoms with van der Waals surface area (Å²) in [5.41, 5.74) is 3.50. The van der Waals surface area contributed by atoms with Crippen molar-refractivity contribution < 1.29 is 9.53 Å². The second kappa shape index (κ2) is 5.70. The molecule has 0 spiro atoms. The molecule has 0 N–H and O–H groups in total. The van der Waals surface area contributed by atoms with E-state index in [-0.39, 0.29) is 5.97 Å². The van der Waals surface area contributed by atoms with Gasteiger partial charge in [0.05, 0.1) is 0 Å². The van der Waals surface area contributed by atoms with E-state index in [1.54, 1.807) is 0 Å². The molecule has 0 atom stereocenters. The molecule has 0 radical (unpaired) electrons. The van der Waals surface area contributed by atoms with Crippen LogP contribution >= 0.6 is 0 Å². The lowest BCUT2D eigenvalue weighted by molar-refractivity contribution is -0.139. The highest BCUT2D eigenvalue weighted by atomic mass is 16.5. The van der Waals surface area contributed by atoms with Crippen LogP contribution in [0.2, 0.25) is 0 Å². The monoisotopic (exact) mass is 254 g/mol. The molecule has 0 saturated carbocycles. The second-order valence-corrected chi connectivity index (χ2v) is 4.61. The van der Waals surface area contributed by atoms with Crippen molar-refractivity contribution in [1.29, 1.82) is 0 Å². The molecule has 0 aliphatic heterocycles. The van der Waals surface area contributed by atoms with Gasteiger partial charge in [0.25, 0.3) is 0 Å². The molecule has 0 unspecified atom stereocenters. The van der Waals surface area contributed by atoms with Crippen molar-refractivity contribution in [2.75, 3.05) is 6.61 Å². The van der Waals surface area contributed by atoms with E-state index in [0.717, 1.165) is 28.0 Å². The zero-order valence-electron chi connectivity index (χ0n) is 11.4. The van der Waals surface area contributed by atoms with Crippen LogP contribution in [0.3, 0.4) is 0 Å². The normalized spacial score (nSPS) is 14.6. The number of benzene rings is 1. The summed E-state index contributed by atoms with van der Waals surface area (Å²) >= 11 is 0. The lowest BCUT2D eigenvalue weighted by Gasteiger charge is -2.06. The van der Waals surface area contributed by atoms with Gasteiger partial charge in [0.2, 0.25) is 0 Å². The fraction of sp³-hybridized carbons (Fsp3) is 0.235. The molecule has 19 heavy (non-hydrogen) atoms. The average molecular weight is 254 g/mol. The van der Waals surface area contributed by atoms with Crippen LogP contribution in [0, 0.1) is 0 Å². The minimum atomic E-state index is -0.248. The molecular weight excluding hydrogens is 236 g/mol. The number of hydrogen-bond acceptors (Lipinski definition) is 2. The second-order valence-electron chi connectivity index (χ2n) is 4.61. The van der Waals surface area contributed by atoms with E-state index in [0.29, 0.717) is 6.61 Å². The van der Waals surface area contributed by atoms with Crippen LogP contribution in [0.15, 0.2) is 30.4 Å². The molecule has 1 aromatic carbocycles. The zero-order chi connectivity index (χ0) is 13.8. The van der Waals surface area contributed by atoms with Crippen LogP contribution < -0.4 is 10.4 Å². The third-order valence-corrected chi connectivity index (χ3v) is 3.18. The van der Waals surface area contributed by atoms with Crippen molar-refractivity contribution in [2.45, 2.75) is 20.3 Å². The largest absolute Gasteiger partial charge is 0.461 e. The molecule has 98 valence electrons. The molecule has 0 heterocycles. The molecule has 0 saturated heterocycles. The Bertz CT molecular complexity index is 663. The van der Waals surface area contributed by atoms with Gasteiger partial charge in [0.1, 0.15) is 6.61 Å². The first-order chi connectivity index (χ1) is 9.11. The summed E-state index contributed by atoms with van der Waals surface area (Å²) in [5.74, 6) is -0.248. The van der Waals surface area contributed by atoms with Crippen LogP contribution in [-0.2, 0) is 16.0 Å².